The number of anilines is 1. The van der Waals surface area contributed by atoms with Crippen LogP contribution in [0.4, 0.5) is 15.8 Å². The summed E-state index contributed by atoms with van der Waals surface area (Å²) in [6.07, 6.45) is -1.34. The number of nitro benzene ring substituents is 1. The van der Waals surface area contributed by atoms with Gasteiger partial charge < -0.3 is 10.1 Å². The molecule has 0 spiro atoms. The van der Waals surface area contributed by atoms with Gasteiger partial charge in [-0.15, -0.1) is 0 Å². The highest BCUT2D eigenvalue weighted by Gasteiger charge is 2.24. The molecule has 2 aromatic carbocycles. The summed E-state index contributed by atoms with van der Waals surface area (Å²) >= 11 is 11.6. The minimum Gasteiger partial charge on any atom is -0.449 e. The van der Waals surface area contributed by atoms with Crippen LogP contribution in [0, 0.1) is 15.9 Å². The Morgan fingerprint density at radius 1 is 1.23 bits per heavy atom. The first-order chi connectivity index (χ1) is 12.2. The van der Waals surface area contributed by atoms with E-state index in [1.54, 1.807) is 0 Å². The number of hydrogen-bond acceptors (Lipinski definition) is 5. The Hall–Kier alpha value is -2.71. The maximum atomic E-state index is 13.7. The van der Waals surface area contributed by atoms with Crippen LogP contribution in [0.25, 0.3) is 0 Å². The lowest BCUT2D eigenvalue weighted by molar-refractivity contribution is -0.384. The first kappa shape index (κ1) is 19.6. The molecule has 26 heavy (non-hydrogen) atoms. The van der Waals surface area contributed by atoms with E-state index in [0.29, 0.717) is 0 Å². The molecule has 0 fully saturated rings. The Bertz CT molecular complexity index is 871. The molecule has 0 aliphatic rings. The topological polar surface area (TPSA) is 98.5 Å². The normalized spacial score (nSPS) is 11.5. The smallest absolute Gasteiger partial charge is 0.343 e. The second-order valence-electron chi connectivity index (χ2n) is 5.05. The second kappa shape index (κ2) is 8.11. The van der Waals surface area contributed by atoms with Gasteiger partial charge in [-0.3, -0.25) is 14.9 Å². The van der Waals surface area contributed by atoms with Gasteiger partial charge in [-0.2, -0.15) is 0 Å². The highest BCUT2D eigenvalue weighted by atomic mass is 35.5. The molecule has 2 aromatic rings. The summed E-state index contributed by atoms with van der Waals surface area (Å²) in [5, 5.41) is 13.0. The van der Waals surface area contributed by atoms with Crippen LogP contribution in [-0.4, -0.2) is 22.9 Å². The SMILES string of the molecule is C[C@H](OC(=O)c1c(F)cccc1Cl)C(=O)Nc1cc([N+](=O)[O-])ccc1Cl. The second-order valence-corrected chi connectivity index (χ2v) is 5.87. The third-order valence-corrected chi connectivity index (χ3v) is 3.88. The summed E-state index contributed by atoms with van der Waals surface area (Å²) < 4.78 is 18.6. The van der Waals surface area contributed by atoms with Crippen LogP contribution < -0.4 is 5.32 Å². The van der Waals surface area contributed by atoms with E-state index in [9.17, 15) is 24.1 Å². The van der Waals surface area contributed by atoms with Crippen molar-refractivity contribution in [1.82, 2.24) is 0 Å². The zero-order valence-corrected chi connectivity index (χ0v) is 14.7. The molecule has 0 radical (unpaired) electrons. The van der Waals surface area contributed by atoms with Crippen molar-refractivity contribution in [2.45, 2.75) is 13.0 Å². The molecule has 0 aliphatic heterocycles. The average molecular weight is 401 g/mol. The number of amides is 1. The number of non-ortho nitro benzene ring substituents is 1. The molecule has 10 heteroatoms. The molecule has 0 heterocycles. The summed E-state index contributed by atoms with van der Waals surface area (Å²) in [6, 6.07) is 7.11. The van der Waals surface area contributed by atoms with E-state index in [1.165, 1.54) is 31.2 Å². The van der Waals surface area contributed by atoms with Crippen molar-refractivity contribution in [3.8, 4) is 0 Å². The van der Waals surface area contributed by atoms with Crippen LogP contribution in [0.15, 0.2) is 36.4 Å². The van der Waals surface area contributed by atoms with Crippen LogP contribution in [0.1, 0.15) is 17.3 Å². The number of ether oxygens (including phenoxy) is 1. The molecule has 0 saturated carbocycles. The zero-order valence-electron chi connectivity index (χ0n) is 13.2. The molecule has 1 N–H and O–H groups in total. The van der Waals surface area contributed by atoms with Gasteiger partial charge in [0, 0.05) is 12.1 Å². The summed E-state index contributed by atoms with van der Waals surface area (Å²) in [6.45, 7) is 1.24. The van der Waals surface area contributed by atoms with Crippen LogP contribution in [0.5, 0.6) is 0 Å². The number of carbonyl (C=O) groups is 2. The van der Waals surface area contributed by atoms with Gasteiger partial charge >= 0.3 is 5.97 Å². The minimum absolute atomic E-state index is 0.0299. The quantitative estimate of drug-likeness (QED) is 0.460. The minimum atomic E-state index is -1.34. The summed E-state index contributed by atoms with van der Waals surface area (Å²) in [5.74, 6) is -2.83. The van der Waals surface area contributed by atoms with E-state index < -0.39 is 34.3 Å². The fraction of sp³-hybridized carbons (Fsp3) is 0.125. The van der Waals surface area contributed by atoms with Crippen molar-refractivity contribution in [3.63, 3.8) is 0 Å². The van der Waals surface area contributed by atoms with E-state index in [-0.39, 0.29) is 21.4 Å². The average Bonchev–Trinajstić information content (AvgIpc) is 2.56. The lowest BCUT2D eigenvalue weighted by Crippen LogP contribution is -2.30. The molecule has 1 amide bonds. The third kappa shape index (κ3) is 4.47. The summed E-state index contributed by atoms with van der Waals surface area (Å²) in [5.41, 5.74) is -0.813. The zero-order chi connectivity index (χ0) is 19.4. The molecule has 1 atom stereocenters. The largest absolute Gasteiger partial charge is 0.449 e. The van der Waals surface area contributed by atoms with Crippen LogP contribution in [-0.2, 0) is 9.53 Å². The van der Waals surface area contributed by atoms with E-state index in [2.05, 4.69) is 5.32 Å². The highest BCUT2D eigenvalue weighted by molar-refractivity contribution is 6.34. The van der Waals surface area contributed by atoms with Crippen molar-refractivity contribution in [3.05, 3.63) is 67.9 Å². The van der Waals surface area contributed by atoms with Crippen molar-refractivity contribution in [2.24, 2.45) is 0 Å². The molecular weight excluding hydrogens is 390 g/mol. The molecule has 2 rings (SSSR count). The number of benzene rings is 2. The molecule has 0 aliphatic carbocycles. The van der Waals surface area contributed by atoms with Gasteiger partial charge in [-0.25, -0.2) is 9.18 Å². The fourth-order valence-corrected chi connectivity index (χ4v) is 2.33. The monoisotopic (exact) mass is 400 g/mol. The number of halogens is 3. The molecular formula is C16H11Cl2FN2O5. The molecule has 7 nitrogen and oxygen atoms in total. The molecule has 0 bridgehead atoms. The number of nitrogens with zero attached hydrogens (tertiary/aromatic N) is 1. The lowest BCUT2D eigenvalue weighted by Gasteiger charge is -2.15. The highest BCUT2D eigenvalue weighted by Crippen LogP contribution is 2.27. The Kier molecular flexibility index (Phi) is 6.12. The number of esters is 1. The lowest BCUT2D eigenvalue weighted by atomic mass is 10.2. The van der Waals surface area contributed by atoms with Gasteiger partial charge in [-0.1, -0.05) is 29.3 Å². The van der Waals surface area contributed by atoms with E-state index in [0.717, 1.165) is 12.1 Å². The number of carbonyl (C=O) groups excluding carboxylic acids is 2. The van der Waals surface area contributed by atoms with Gasteiger partial charge in [0.2, 0.25) is 0 Å². The number of nitro groups is 1. The number of rotatable bonds is 5. The van der Waals surface area contributed by atoms with Gasteiger partial charge in [0.25, 0.3) is 11.6 Å². The maximum Gasteiger partial charge on any atom is 0.343 e. The summed E-state index contributed by atoms with van der Waals surface area (Å²) in [7, 11) is 0. The van der Waals surface area contributed by atoms with Crippen molar-refractivity contribution >= 4 is 46.5 Å². The van der Waals surface area contributed by atoms with Crippen LogP contribution in [0.3, 0.4) is 0 Å². The van der Waals surface area contributed by atoms with Gasteiger partial charge in [0.15, 0.2) is 6.10 Å². The number of nitrogens with one attached hydrogen (secondary N) is 1. The first-order valence-electron chi connectivity index (χ1n) is 7.10. The Balaban J connectivity index is 2.12. The molecule has 0 unspecified atom stereocenters. The van der Waals surface area contributed by atoms with Crippen molar-refractivity contribution in [2.75, 3.05) is 5.32 Å². The van der Waals surface area contributed by atoms with Crippen molar-refractivity contribution in [1.29, 1.82) is 0 Å². The fourth-order valence-electron chi connectivity index (χ4n) is 1.92. The Labute approximate surface area is 156 Å². The standard InChI is InChI=1S/C16H11Cl2FN2O5/c1-8(26-16(23)14-11(18)3-2-4-12(14)19)15(22)20-13-7-9(21(24)25)5-6-10(13)17/h2-8H,1H3,(H,20,22)/t8-/m0/s1. The molecule has 0 aromatic heterocycles. The van der Waals surface area contributed by atoms with Gasteiger partial charge in [-0.05, 0) is 25.1 Å². The molecule has 136 valence electrons. The predicted octanol–water partition coefficient (Wildman–Crippen LogP) is 4.22. The van der Waals surface area contributed by atoms with Gasteiger partial charge in [0.1, 0.15) is 11.4 Å². The Morgan fingerprint density at radius 3 is 2.54 bits per heavy atom. The van der Waals surface area contributed by atoms with Crippen LogP contribution in [0.2, 0.25) is 10.0 Å². The van der Waals surface area contributed by atoms with E-state index in [4.69, 9.17) is 27.9 Å². The molecule has 0 saturated heterocycles. The third-order valence-electron chi connectivity index (χ3n) is 3.24. The van der Waals surface area contributed by atoms with E-state index >= 15 is 0 Å². The van der Waals surface area contributed by atoms with E-state index in [1.807, 2.05) is 0 Å². The summed E-state index contributed by atoms with van der Waals surface area (Å²) in [4.78, 5) is 34.3. The predicted molar refractivity (Wildman–Crippen MR) is 93.0 cm³/mol. The van der Waals surface area contributed by atoms with Crippen LogP contribution >= 0.6 is 23.2 Å². The van der Waals surface area contributed by atoms with Crippen molar-refractivity contribution < 1.29 is 23.6 Å². The number of hydrogen-bond donors (Lipinski definition) is 1. The Morgan fingerprint density at radius 2 is 1.92 bits per heavy atom. The first-order valence-corrected chi connectivity index (χ1v) is 7.86. The maximum absolute atomic E-state index is 13.7. The van der Waals surface area contributed by atoms with Gasteiger partial charge in [0.05, 0.1) is 20.7 Å².